The fraction of sp³-hybridized carbons (Fsp3) is 0.778. The second-order valence-corrected chi connectivity index (χ2v) is 3.03. The van der Waals surface area contributed by atoms with E-state index in [1.807, 2.05) is 13.8 Å². The Morgan fingerprint density at radius 1 is 1.55 bits per heavy atom. The minimum Gasteiger partial charge on any atom is -0.340 e. The van der Waals surface area contributed by atoms with Crippen LogP contribution in [0.3, 0.4) is 0 Å². The van der Waals surface area contributed by atoms with Gasteiger partial charge in [0.15, 0.2) is 0 Å². The van der Waals surface area contributed by atoms with Gasteiger partial charge in [0.1, 0.15) is 0 Å². The van der Waals surface area contributed by atoms with Gasteiger partial charge in [0.05, 0.1) is 0 Å². The molecule has 0 aliphatic heterocycles. The topological polar surface area (TPSA) is 20.3 Å². The van der Waals surface area contributed by atoms with Gasteiger partial charge in [0.25, 0.3) is 0 Å². The lowest BCUT2D eigenvalue weighted by Crippen LogP contribution is -2.35. The molecule has 0 aromatic carbocycles. The Hall–Kier alpha value is -0.530. The van der Waals surface area contributed by atoms with Crippen molar-refractivity contribution in [2.75, 3.05) is 6.54 Å². The molecule has 0 aliphatic carbocycles. The highest BCUT2D eigenvalue weighted by Gasteiger charge is 2.10. The first-order valence-corrected chi connectivity index (χ1v) is 4.22. The lowest BCUT2D eigenvalue weighted by Gasteiger charge is -2.24. The smallest absolute Gasteiger partial charge is 0.223 e. The van der Waals surface area contributed by atoms with E-state index in [-0.39, 0.29) is 11.9 Å². The highest BCUT2D eigenvalue weighted by Crippen LogP contribution is 2.01. The Labute approximate surface area is 69.6 Å². The number of rotatable bonds is 4. The quantitative estimate of drug-likeness (QED) is 0.608. The number of unbranched alkanes of at least 4 members (excludes halogenated alkanes) is 1. The second-order valence-electron chi connectivity index (χ2n) is 3.03. The van der Waals surface area contributed by atoms with E-state index in [1.165, 1.54) is 0 Å². The molecule has 0 N–H and O–H groups in total. The number of carbonyl (C=O) groups is 1. The van der Waals surface area contributed by atoms with Crippen LogP contribution in [0.15, 0.2) is 0 Å². The number of hydrogen-bond acceptors (Lipinski definition) is 1. The predicted octanol–water partition coefficient (Wildman–Crippen LogP) is 1.86. The van der Waals surface area contributed by atoms with E-state index >= 15 is 0 Å². The average molecular weight is 156 g/mol. The summed E-state index contributed by atoms with van der Waals surface area (Å²) in [6.07, 6.45) is 2.19. The van der Waals surface area contributed by atoms with E-state index in [9.17, 15) is 4.79 Å². The molecular weight excluding hydrogens is 138 g/mol. The molecule has 0 aromatic heterocycles. The first-order valence-electron chi connectivity index (χ1n) is 4.22. The predicted molar refractivity (Wildman–Crippen MR) is 47.1 cm³/mol. The van der Waals surface area contributed by atoms with E-state index in [0.717, 1.165) is 19.4 Å². The Kier molecular flexibility index (Phi) is 4.92. The first kappa shape index (κ1) is 10.5. The molecule has 0 atom stereocenters. The second kappa shape index (κ2) is 5.16. The van der Waals surface area contributed by atoms with Gasteiger partial charge in [-0.2, -0.15) is 0 Å². The monoisotopic (exact) mass is 156 g/mol. The lowest BCUT2D eigenvalue weighted by atomic mass is 10.2. The summed E-state index contributed by atoms with van der Waals surface area (Å²) in [7, 11) is 0. The number of carbonyl (C=O) groups excluding carboxylic acids is 1. The van der Waals surface area contributed by atoms with Crippen LogP contribution < -0.4 is 0 Å². The Balaban J connectivity index is 3.80. The fourth-order valence-corrected chi connectivity index (χ4v) is 0.999. The van der Waals surface area contributed by atoms with Crippen LogP contribution in [0.25, 0.3) is 0 Å². The highest BCUT2D eigenvalue weighted by atomic mass is 16.2. The molecule has 65 valence electrons. The zero-order valence-electron chi connectivity index (χ0n) is 7.76. The van der Waals surface area contributed by atoms with Crippen molar-refractivity contribution in [2.24, 2.45) is 0 Å². The lowest BCUT2D eigenvalue weighted by molar-refractivity contribution is -0.128. The van der Waals surface area contributed by atoms with Crippen molar-refractivity contribution in [3.8, 4) is 0 Å². The summed E-state index contributed by atoms with van der Waals surface area (Å²) < 4.78 is 0. The molecule has 0 fully saturated rings. The van der Waals surface area contributed by atoms with Crippen molar-refractivity contribution in [2.45, 2.75) is 39.7 Å². The van der Waals surface area contributed by atoms with Crippen LogP contribution >= 0.6 is 0 Å². The van der Waals surface area contributed by atoms with Gasteiger partial charge in [-0.1, -0.05) is 13.3 Å². The molecule has 1 radical (unpaired) electrons. The molecule has 2 heteroatoms. The van der Waals surface area contributed by atoms with E-state index in [0.29, 0.717) is 0 Å². The van der Waals surface area contributed by atoms with E-state index in [2.05, 4.69) is 13.8 Å². The molecule has 2 nitrogen and oxygen atoms in total. The fourth-order valence-electron chi connectivity index (χ4n) is 0.999. The van der Waals surface area contributed by atoms with Gasteiger partial charge in [-0.15, -0.1) is 0 Å². The van der Waals surface area contributed by atoms with Gasteiger partial charge < -0.3 is 4.90 Å². The average Bonchev–Trinajstić information content (AvgIpc) is 1.87. The number of amides is 1. The largest absolute Gasteiger partial charge is 0.340 e. The van der Waals surface area contributed by atoms with Crippen LogP contribution in [-0.4, -0.2) is 23.4 Å². The molecule has 0 aromatic rings. The zero-order chi connectivity index (χ0) is 8.85. The third-order valence-electron chi connectivity index (χ3n) is 1.70. The first-order chi connectivity index (χ1) is 5.09. The van der Waals surface area contributed by atoms with E-state index in [4.69, 9.17) is 0 Å². The molecule has 0 spiro atoms. The van der Waals surface area contributed by atoms with Crippen LogP contribution in [0.2, 0.25) is 0 Å². The van der Waals surface area contributed by atoms with Gasteiger partial charge in [-0.25, -0.2) is 0 Å². The molecule has 0 bridgehead atoms. The molecule has 0 saturated heterocycles. The van der Waals surface area contributed by atoms with Crippen LogP contribution in [0.5, 0.6) is 0 Å². The standard InChI is InChI=1S/C9H18NO/c1-5-6-7-10(8(2)3)9(4)11/h8H,4-7H2,1-3H3. The number of nitrogens with zero attached hydrogens (tertiary/aromatic N) is 1. The van der Waals surface area contributed by atoms with E-state index < -0.39 is 0 Å². The maximum atomic E-state index is 10.9. The van der Waals surface area contributed by atoms with Crippen LogP contribution in [0, 0.1) is 6.92 Å². The minimum atomic E-state index is -0.0616. The molecule has 1 amide bonds. The van der Waals surface area contributed by atoms with Gasteiger partial charge in [0.2, 0.25) is 5.91 Å². The van der Waals surface area contributed by atoms with Gasteiger partial charge in [-0.3, -0.25) is 4.79 Å². The molecular formula is C9H18NO. The summed E-state index contributed by atoms with van der Waals surface area (Å²) in [5, 5.41) is 0. The Bertz CT molecular complexity index is 121. The molecule has 0 rings (SSSR count). The van der Waals surface area contributed by atoms with Crippen molar-refractivity contribution < 1.29 is 4.79 Å². The van der Waals surface area contributed by atoms with Gasteiger partial charge in [-0.05, 0) is 20.3 Å². The number of hydrogen-bond donors (Lipinski definition) is 0. The van der Waals surface area contributed by atoms with Crippen molar-refractivity contribution in [3.05, 3.63) is 6.92 Å². The van der Waals surface area contributed by atoms with Gasteiger partial charge >= 0.3 is 0 Å². The summed E-state index contributed by atoms with van der Waals surface area (Å²) in [6, 6.07) is 0.284. The molecule has 11 heavy (non-hydrogen) atoms. The van der Waals surface area contributed by atoms with Crippen LogP contribution in [-0.2, 0) is 4.79 Å². The molecule has 0 aliphatic rings. The molecule has 0 heterocycles. The van der Waals surface area contributed by atoms with Crippen molar-refractivity contribution in [1.29, 1.82) is 0 Å². The summed E-state index contributed by atoms with van der Waals surface area (Å²) >= 11 is 0. The maximum absolute atomic E-state index is 10.9. The third-order valence-corrected chi connectivity index (χ3v) is 1.70. The summed E-state index contributed by atoms with van der Waals surface area (Å²) in [4.78, 5) is 12.7. The Morgan fingerprint density at radius 2 is 2.09 bits per heavy atom. The van der Waals surface area contributed by atoms with Gasteiger partial charge in [0, 0.05) is 19.5 Å². The van der Waals surface area contributed by atoms with Crippen LogP contribution in [0.1, 0.15) is 33.6 Å². The molecule has 0 unspecified atom stereocenters. The maximum Gasteiger partial charge on any atom is 0.223 e. The molecule has 0 saturated carbocycles. The Morgan fingerprint density at radius 3 is 2.36 bits per heavy atom. The highest BCUT2D eigenvalue weighted by molar-refractivity contribution is 5.80. The zero-order valence-corrected chi connectivity index (χ0v) is 7.76. The summed E-state index contributed by atoms with van der Waals surface area (Å²) in [5.41, 5.74) is 0. The summed E-state index contributed by atoms with van der Waals surface area (Å²) in [6.45, 7) is 10.4. The van der Waals surface area contributed by atoms with E-state index in [1.54, 1.807) is 4.90 Å². The summed E-state index contributed by atoms with van der Waals surface area (Å²) in [5.74, 6) is -0.0616. The SMILES string of the molecule is [CH2]C(=O)N(CCCC)C(C)C. The van der Waals surface area contributed by atoms with Crippen molar-refractivity contribution in [3.63, 3.8) is 0 Å². The normalized spacial score (nSPS) is 10.3. The van der Waals surface area contributed by atoms with Crippen LogP contribution in [0.4, 0.5) is 0 Å². The van der Waals surface area contributed by atoms with Crippen molar-refractivity contribution >= 4 is 5.91 Å². The third kappa shape index (κ3) is 4.02. The minimum absolute atomic E-state index is 0.0616. The van der Waals surface area contributed by atoms with Crippen molar-refractivity contribution in [1.82, 2.24) is 4.90 Å².